The van der Waals surface area contributed by atoms with Crippen LogP contribution >= 0.6 is 22.6 Å². The van der Waals surface area contributed by atoms with Gasteiger partial charge in [-0.3, -0.25) is 4.79 Å². The van der Waals surface area contributed by atoms with Crippen molar-refractivity contribution in [3.8, 4) is 11.5 Å². The van der Waals surface area contributed by atoms with Gasteiger partial charge in [0.05, 0.1) is 13.7 Å². The Morgan fingerprint density at radius 3 is 2.61 bits per heavy atom. The van der Waals surface area contributed by atoms with Crippen molar-refractivity contribution in [3.63, 3.8) is 0 Å². The number of ether oxygens (including phenoxy) is 2. The molecule has 2 aromatic rings. The van der Waals surface area contributed by atoms with Crippen molar-refractivity contribution >= 4 is 28.5 Å². The predicted molar refractivity (Wildman–Crippen MR) is 99.1 cm³/mol. The number of hydrogen-bond donors (Lipinski definition) is 0. The zero-order valence-electron chi connectivity index (χ0n) is 13.5. The molecule has 0 aliphatic rings. The molecular formula is C18H20INO3. The minimum absolute atomic E-state index is 0.00336. The third kappa shape index (κ3) is 4.60. The molecule has 23 heavy (non-hydrogen) atoms. The topological polar surface area (TPSA) is 38.8 Å². The fraction of sp³-hybridized carbons (Fsp3) is 0.278. The van der Waals surface area contributed by atoms with Crippen LogP contribution in [0.5, 0.6) is 11.5 Å². The fourth-order valence-corrected chi connectivity index (χ4v) is 2.82. The van der Waals surface area contributed by atoms with Gasteiger partial charge in [0.1, 0.15) is 0 Å². The summed E-state index contributed by atoms with van der Waals surface area (Å²) in [7, 11) is 3.41. The quantitative estimate of drug-likeness (QED) is 0.658. The van der Waals surface area contributed by atoms with Gasteiger partial charge >= 0.3 is 0 Å². The molecule has 1 amide bonds. The van der Waals surface area contributed by atoms with E-state index in [2.05, 4.69) is 22.6 Å². The molecule has 0 radical (unpaired) electrons. The maximum absolute atomic E-state index is 12.5. The van der Waals surface area contributed by atoms with E-state index in [0.717, 1.165) is 9.13 Å². The largest absolute Gasteiger partial charge is 0.493 e. The summed E-state index contributed by atoms with van der Waals surface area (Å²) in [4.78, 5) is 14.2. The van der Waals surface area contributed by atoms with Gasteiger partial charge in [-0.2, -0.15) is 0 Å². The molecule has 0 N–H and O–H groups in total. The second-order valence-electron chi connectivity index (χ2n) is 5.09. The van der Waals surface area contributed by atoms with Crippen LogP contribution in [0.1, 0.15) is 22.8 Å². The summed E-state index contributed by atoms with van der Waals surface area (Å²) in [6.45, 7) is 3.02. The summed E-state index contributed by atoms with van der Waals surface area (Å²) in [6.07, 6.45) is 0. The number of rotatable bonds is 6. The van der Waals surface area contributed by atoms with Gasteiger partial charge in [0.15, 0.2) is 11.5 Å². The Labute approximate surface area is 150 Å². The smallest absolute Gasteiger partial charge is 0.253 e. The SMILES string of the molecule is CCOc1ccc(CN(C)C(=O)c2cccc(I)c2)cc1OC. The van der Waals surface area contributed by atoms with Crippen LogP contribution < -0.4 is 9.47 Å². The summed E-state index contributed by atoms with van der Waals surface area (Å²) >= 11 is 2.21. The molecule has 0 fully saturated rings. The number of methoxy groups -OCH3 is 1. The van der Waals surface area contributed by atoms with Crippen LogP contribution in [-0.2, 0) is 6.54 Å². The van der Waals surface area contributed by atoms with Crippen molar-refractivity contribution < 1.29 is 14.3 Å². The molecule has 5 heteroatoms. The molecule has 2 aromatic carbocycles. The minimum Gasteiger partial charge on any atom is -0.493 e. The zero-order chi connectivity index (χ0) is 16.8. The summed E-state index contributed by atoms with van der Waals surface area (Å²) in [5, 5.41) is 0. The van der Waals surface area contributed by atoms with E-state index in [9.17, 15) is 4.79 Å². The molecule has 122 valence electrons. The summed E-state index contributed by atoms with van der Waals surface area (Å²) in [5.74, 6) is 1.39. The number of benzene rings is 2. The van der Waals surface area contributed by atoms with Crippen LogP contribution in [-0.4, -0.2) is 31.6 Å². The molecule has 0 unspecified atom stereocenters. The molecule has 0 atom stereocenters. The molecule has 2 rings (SSSR count). The average molecular weight is 425 g/mol. The van der Waals surface area contributed by atoms with Gasteiger partial charge in [0, 0.05) is 22.7 Å². The number of halogens is 1. The van der Waals surface area contributed by atoms with E-state index in [4.69, 9.17) is 9.47 Å². The lowest BCUT2D eigenvalue weighted by atomic mass is 10.1. The van der Waals surface area contributed by atoms with Crippen molar-refractivity contribution in [2.75, 3.05) is 20.8 Å². The molecule has 0 aliphatic heterocycles. The van der Waals surface area contributed by atoms with Crippen molar-refractivity contribution in [2.45, 2.75) is 13.5 Å². The first-order valence-electron chi connectivity index (χ1n) is 7.36. The number of amides is 1. The number of hydrogen-bond acceptors (Lipinski definition) is 3. The van der Waals surface area contributed by atoms with E-state index < -0.39 is 0 Å². The van der Waals surface area contributed by atoms with Gasteiger partial charge in [-0.25, -0.2) is 0 Å². The average Bonchev–Trinajstić information content (AvgIpc) is 2.55. The third-order valence-electron chi connectivity index (χ3n) is 3.37. The van der Waals surface area contributed by atoms with Gasteiger partial charge in [-0.15, -0.1) is 0 Å². The van der Waals surface area contributed by atoms with E-state index in [1.165, 1.54) is 0 Å². The Morgan fingerprint density at radius 2 is 1.96 bits per heavy atom. The van der Waals surface area contributed by atoms with Gasteiger partial charge in [-0.05, 0) is 65.4 Å². The normalized spacial score (nSPS) is 10.3. The molecule has 0 saturated carbocycles. The minimum atomic E-state index is -0.00336. The number of carbonyl (C=O) groups excluding carboxylic acids is 1. The predicted octanol–water partition coefficient (Wildman–Crippen LogP) is 3.97. The Kier molecular flexibility index (Phi) is 6.27. The van der Waals surface area contributed by atoms with Gasteiger partial charge in [0.25, 0.3) is 5.91 Å². The first-order chi connectivity index (χ1) is 11.0. The maximum atomic E-state index is 12.5. The molecule has 0 spiro atoms. The van der Waals surface area contributed by atoms with Crippen LogP contribution in [0, 0.1) is 3.57 Å². The van der Waals surface area contributed by atoms with Crippen molar-refractivity contribution in [3.05, 3.63) is 57.2 Å². The fourth-order valence-electron chi connectivity index (χ4n) is 2.27. The number of carbonyl (C=O) groups is 1. The van der Waals surface area contributed by atoms with Crippen LogP contribution in [0.4, 0.5) is 0 Å². The molecule has 0 bridgehead atoms. The lowest BCUT2D eigenvalue weighted by Gasteiger charge is -2.18. The Hall–Kier alpha value is -1.76. The lowest BCUT2D eigenvalue weighted by molar-refractivity contribution is 0.0785. The van der Waals surface area contributed by atoms with E-state index in [-0.39, 0.29) is 5.91 Å². The van der Waals surface area contributed by atoms with Crippen LogP contribution in [0.15, 0.2) is 42.5 Å². The van der Waals surface area contributed by atoms with Crippen LogP contribution in [0.25, 0.3) is 0 Å². The van der Waals surface area contributed by atoms with E-state index >= 15 is 0 Å². The summed E-state index contributed by atoms with van der Waals surface area (Å²) < 4.78 is 11.9. The molecule has 4 nitrogen and oxygen atoms in total. The van der Waals surface area contributed by atoms with E-state index in [1.807, 2.05) is 49.4 Å². The van der Waals surface area contributed by atoms with Crippen molar-refractivity contribution in [1.29, 1.82) is 0 Å². The van der Waals surface area contributed by atoms with Crippen LogP contribution in [0.3, 0.4) is 0 Å². The Bertz CT molecular complexity index is 688. The third-order valence-corrected chi connectivity index (χ3v) is 4.04. The van der Waals surface area contributed by atoms with Crippen molar-refractivity contribution in [1.82, 2.24) is 4.90 Å². The Balaban J connectivity index is 2.13. The second kappa shape index (κ2) is 8.19. The van der Waals surface area contributed by atoms with Gasteiger partial charge in [0.2, 0.25) is 0 Å². The van der Waals surface area contributed by atoms with E-state index in [1.54, 1.807) is 19.1 Å². The highest BCUT2D eigenvalue weighted by Gasteiger charge is 2.13. The zero-order valence-corrected chi connectivity index (χ0v) is 15.7. The van der Waals surface area contributed by atoms with Gasteiger partial charge < -0.3 is 14.4 Å². The molecule has 0 aliphatic carbocycles. The highest BCUT2D eigenvalue weighted by molar-refractivity contribution is 14.1. The molecule has 0 aromatic heterocycles. The lowest BCUT2D eigenvalue weighted by Crippen LogP contribution is -2.26. The first kappa shape index (κ1) is 17.6. The monoisotopic (exact) mass is 425 g/mol. The van der Waals surface area contributed by atoms with Crippen molar-refractivity contribution in [2.24, 2.45) is 0 Å². The molecule has 0 heterocycles. The second-order valence-corrected chi connectivity index (χ2v) is 6.34. The molecular weight excluding hydrogens is 405 g/mol. The maximum Gasteiger partial charge on any atom is 0.253 e. The highest BCUT2D eigenvalue weighted by Crippen LogP contribution is 2.28. The summed E-state index contributed by atoms with van der Waals surface area (Å²) in [5.41, 5.74) is 1.68. The highest BCUT2D eigenvalue weighted by atomic mass is 127. The Morgan fingerprint density at radius 1 is 1.17 bits per heavy atom. The summed E-state index contributed by atoms with van der Waals surface area (Å²) in [6, 6.07) is 13.3. The van der Waals surface area contributed by atoms with Crippen LogP contribution in [0.2, 0.25) is 0 Å². The van der Waals surface area contributed by atoms with E-state index in [0.29, 0.717) is 30.2 Å². The number of nitrogens with zero attached hydrogens (tertiary/aromatic N) is 1. The molecule has 0 saturated heterocycles. The first-order valence-corrected chi connectivity index (χ1v) is 8.43. The van der Waals surface area contributed by atoms with Gasteiger partial charge in [-0.1, -0.05) is 12.1 Å². The standard InChI is InChI=1S/C18H20INO3/c1-4-23-16-9-8-13(10-17(16)22-3)12-20(2)18(21)14-6-5-7-15(19)11-14/h5-11H,4,12H2,1-3H3.